The minimum absolute atomic E-state index is 0. The van der Waals surface area contributed by atoms with E-state index in [1.807, 2.05) is 67.6 Å². The highest BCUT2D eigenvalue weighted by molar-refractivity contribution is 7.86. The zero-order valence-corrected chi connectivity index (χ0v) is 40.6. The summed E-state index contributed by atoms with van der Waals surface area (Å²) in [6, 6.07) is 30.3. The van der Waals surface area contributed by atoms with Crippen LogP contribution in [0.25, 0.3) is 0 Å². The molecule has 3 saturated heterocycles. The lowest BCUT2D eigenvalue weighted by Gasteiger charge is -2.34. The summed E-state index contributed by atoms with van der Waals surface area (Å²) < 4.78 is 58.8. The number of aromatic hydroxyl groups is 1. The molecular formula is C47H63ClN4O12S2. The Morgan fingerprint density at radius 2 is 1.17 bits per heavy atom. The fraction of sp³-hybridized carbons (Fsp3) is 0.447. The predicted molar refractivity (Wildman–Crippen MR) is 253 cm³/mol. The van der Waals surface area contributed by atoms with Crippen LogP contribution in [0.15, 0.2) is 97.1 Å². The van der Waals surface area contributed by atoms with E-state index < -0.39 is 26.3 Å². The van der Waals surface area contributed by atoms with Crippen LogP contribution >= 0.6 is 12.4 Å². The maximum Gasteiger partial charge on any atom is 0.266 e. The molecule has 3 N–H and O–H groups in total. The van der Waals surface area contributed by atoms with Gasteiger partial charge in [-0.2, -0.15) is 16.8 Å². The molecule has 66 heavy (non-hydrogen) atoms. The van der Waals surface area contributed by atoms with Gasteiger partial charge in [0.2, 0.25) is 0 Å². The average Bonchev–Trinajstić information content (AvgIpc) is 3.80. The smallest absolute Gasteiger partial charge is 0.266 e. The first-order valence-corrected chi connectivity index (χ1v) is 25.1. The number of phenolic OH excluding ortho intramolecular Hbond substituents is 1. The third-order valence-corrected chi connectivity index (χ3v) is 12.4. The van der Waals surface area contributed by atoms with Crippen LogP contribution in [-0.2, 0) is 61.0 Å². The van der Waals surface area contributed by atoms with E-state index in [1.165, 1.54) is 26.8 Å². The number of methoxy groups -OCH3 is 1. The molecule has 0 bridgehead atoms. The molecule has 19 heteroatoms. The van der Waals surface area contributed by atoms with Gasteiger partial charge in [-0.15, -0.1) is 12.4 Å². The summed E-state index contributed by atoms with van der Waals surface area (Å²) in [4.78, 5) is 37.4. The molecule has 362 valence electrons. The van der Waals surface area contributed by atoms with E-state index in [0.29, 0.717) is 50.0 Å². The highest BCUT2D eigenvalue weighted by Gasteiger charge is 2.39. The molecule has 1 unspecified atom stereocenters. The number of halogens is 1. The maximum absolute atomic E-state index is 12.8. The molecule has 3 heterocycles. The van der Waals surface area contributed by atoms with Crippen molar-refractivity contribution >= 4 is 44.5 Å². The second-order valence-electron chi connectivity index (χ2n) is 16.4. The molecule has 2 amide bonds. The number of aryl methyl sites for hydroxylation is 2. The molecular weight excluding hydrogens is 912 g/mol. The van der Waals surface area contributed by atoms with Gasteiger partial charge in [-0.1, -0.05) is 83.9 Å². The Morgan fingerprint density at radius 3 is 1.61 bits per heavy atom. The Morgan fingerprint density at radius 1 is 0.697 bits per heavy atom. The lowest BCUT2D eigenvalue weighted by Crippen LogP contribution is -2.46. The second-order valence-corrected chi connectivity index (χ2v) is 19.7. The van der Waals surface area contributed by atoms with Gasteiger partial charge in [-0.3, -0.25) is 32.5 Å². The molecule has 4 aromatic carbocycles. The SMILES string of the molecule is COc1ccc(C(CCOS(C)(=O)=O)CCOS(C)(=O)=O)cc1.Cc1ccc(CN2OCC(N3CCC(c4ccc(O)cc4)CC3)C2=O)cc1.Cc1ccc(CN2OC[C@@H](N)C2=O)cc1.Cl. The largest absolute Gasteiger partial charge is 0.508 e. The Kier molecular flexibility index (Phi) is 20.8. The summed E-state index contributed by atoms with van der Waals surface area (Å²) in [5.41, 5.74) is 12.3. The number of ether oxygens (including phenoxy) is 1. The highest BCUT2D eigenvalue weighted by atomic mass is 35.5. The topological polar surface area (TPSA) is 205 Å². The Bertz CT molecular complexity index is 2310. The molecule has 3 aliphatic heterocycles. The summed E-state index contributed by atoms with van der Waals surface area (Å²) in [7, 11) is -5.45. The van der Waals surface area contributed by atoms with Crippen LogP contribution in [-0.4, -0.2) is 120 Å². The molecule has 0 saturated carbocycles. The molecule has 4 aromatic rings. The summed E-state index contributed by atoms with van der Waals surface area (Å²) in [6.07, 6.45) is 4.86. The summed E-state index contributed by atoms with van der Waals surface area (Å²) in [5, 5.41) is 12.3. The number of rotatable bonds is 16. The number of nitrogens with zero attached hydrogens (tertiary/aromatic N) is 3. The predicted octanol–water partition coefficient (Wildman–Crippen LogP) is 5.75. The van der Waals surface area contributed by atoms with Crippen LogP contribution in [0.5, 0.6) is 11.5 Å². The molecule has 0 aliphatic carbocycles. The lowest BCUT2D eigenvalue weighted by molar-refractivity contribution is -0.165. The molecule has 3 aliphatic rings. The number of nitrogens with two attached hydrogens (primary N) is 1. The van der Waals surface area contributed by atoms with Gasteiger partial charge in [0.05, 0.1) is 59.1 Å². The summed E-state index contributed by atoms with van der Waals surface area (Å²) in [5.74, 6) is 1.33. The average molecular weight is 976 g/mol. The van der Waals surface area contributed by atoms with E-state index >= 15 is 0 Å². The fourth-order valence-corrected chi connectivity index (χ4v) is 8.31. The van der Waals surface area contributed by atoms with Crippen LogP contribution < -0.4 is 10.5 Å². The molecule has 16 nitrogen and oxygen atoms in total. The van der Waals surface area contributed by atoms with Crippen molar-refractivity contribution in [3.8, 4) is 11.5 Å². The van der Waals surface area contributed by atoms with E-state index in [1.54, 1.807) is 31.4 Å². The van der Waals surface area contributed by atoms with Crippen molar-refractivity contribution in [1.82, 2.24) is 15.0 Å². The molecule has 7 rings (SSSR count). The van der Waals surface area contributed by atoms with Gasteiger partial charge in [0.15, 0.2) is 0 Å². The molecule has 0 radical (unpaired) electrons. The van der Waals surface area contributed by atoms with Gasteiger partial charge < -0.3 is 15.6 Å². The Hall–Kier alpha value is -4.63. The minimum atomic E-state index is -3.50. The standard InChI is InChI=1S/C22H26N2O3.C14H22O7S2.C11H14N2O2.ClH/c1-16-2-4-17(5-3-16)14-24-22(26)21(15-27-24)23-12-10-19(11-13-23)18-6-8-20(25)9-7-18;1-19-14-6-4-12(5-7-14)13(8-10-20-22(2,15)16)9-11-21-23(3,17)18;1-8-2-4-9(5-3-8)6-13-11(14)10(12)7-15-13;/h2-9,19,21,25H,10-15H2,1H3;4-7,13H,8-11H2,1-3H3;2-5,10H,6-7,12H2,1H3;1H/t;;10-;/m..1./s1. The van der Waals surface area contributed by atoms with Crippen LogP contribution in [0.2, 0.25) is 0 Å². The zero-order valence-electron chi connectivity index (χ0n) is 38.1. The third-order valence-electron chi connectivity index (χ3n) is 11.2. The first-order chi connectivity index (χ1) is 30.9. The molecule has 0 spiro atoms. The van der Waals surface area contributed by atoms with Crippen molar-refractivity contribution in [2.45, 2.75) is 76.5 Å². The Balaban J connectivity index is 0.000000223. The monoisotopic (exact) mass is 974 g/mol. The van der Waals surface area contributed by atoms with Gasteiger partial charge in [0.1, 0.15) is 23.6 Å². The summed E-state index contributed by atoms with van der Waals surface area (Å²) in [6.45, 7) is 7.60. The van der Waals surface area contributed by atoms with Crippen LogP contribution in [0.1, 0.15) is 70.9 Å². The highest BCUT2D eigenvalue weighted by Crippen LogP contribution is 2.31. The van der Waals surface area contributed by atoms with Crippen molar-refractivity contribution in [3.63, 3.8) is 0 Å². The first kappa shape index (κ1) is 54.0. The number of amides is 2. The Labute approximate surface area is 395 Å². The van der Waals surface area contributed by atoms with Crippen molar-refractivity contribution in [2.24, 2.45) is 5.73 Å². The van der Waals surface area contributed by atoms with Gasteiger partial charge in [-0.25, -0.2) is 10.1 Å². The lowest BCUT2D eigenvalue weighted by atomic mass is 9.89. The van der Waals surface area contributed by atoms with Crippen molar-refractivity contribution in [3.05, 3.63) is 130 Å². The van der Waals surface area contributed by atoms with Gasteiger partial charge in [-0.05, 0) is 111 Å². The number of carbonyl (C=O) groups excluding carboxylic acids is 2. The van der Waals surface area contributed by atoms with Crippen LogP contribution in [0.3, 0.4) is 0 Å². The molecule has 2 atom stereocenters. The fourth-order valence-electron chi connectivity index (χ4n) is 7.51. The van der Waals surface area contributed by atoms with Crippen LogP contribution in [0.4, 0.5) is 0 Å². The van der Waals surface area contributed by atoms with Crippen molar-refractivity contribution in [1.29, 1.82) is 0 Å². The van der Waals surface area contributed by atoms with Crippen LogP contribution in [0, 0.1) is 13.8 Å². The van der Waals surface area contributed by atoms with E-state index in [9.17, 15) is 31.5 Å². The van der Waals surface area contributed by atoms with Crippen molar-refractivity contribution < 1.29 is 54.3 Å². The molecule has 3 fully saturated rings. The number of likely N-dealkylation sites (tertiary alicyclic amines) is 1. The zero-order chi connectivity index (χ0) is 47.1. The molecule has 0 aromatic heterocycles. The number of hydrogen-bond donors (Lipinski definition) is 2. The summed E-state index contributed by atoms with van der Waals surface area (Å²) >= 11 is 0. The van der Waals surface area contributed by atoms with E-state index in [-0.39, 0.29) is 56.0 Å². The first-order valence-electron chi connectivity index (χ1n) is 21.5. The number of hydrogen-bond acceptors (Lipinski definition) is 14. The van der Waals surface area contributed by atoms with E-state index in [2.05, 4.69) is 24.0 Å². The number of hydroxylamine groups is 4. The van der Waals surface area contributed by atoms with Gasteiger partial charge in [0, 0.05) is 0 Å². The quantitative estimate of drug-likeness (QED) is 0.128. The number of piperidine rings is 1. The van der Waals surface area contributed by atoms with Gasteiger partial charge >= 0.3 is 0 Å². The second kappa shape index (κ2) is 25.5. The maximum atomic E-state index is 12.8. The van der Waals surface area contributed by atoms with E-state index in [4.69, 9.17) is 28.5 Å². The van der Waals surface area contributed by atoms with Crippen molar-refractivity contribution in [2.75, 3.05) is 59.1 Å². The van der Waals surface area contributed by atoms with E-state index in [0.717, 1.165) is 55.1 Å². The normalized spacial score (nSPS) is 18.0. The number of benzene rings is 4. The minimum Gasteiger partial charge on any atom is -0.508 e. The third kappa shape index (κ3) is 17.5. The van der Waals surface area contributed by atoms with Gasteiger partial charge in [0.25, 0.3) is 32.1 Å². The number of phenols is 1. The number of carbonyl (C=O) groups is 2.